The first kappa shape index (κ1) is 23.5. The zero-order valence-corrected chi connectivity index (χ0v) is 19.4. The van der Waals surface area contributed by atoms with Crippen LogP contribution in [-0.4, -0.2) is 57.2 Å². The van der Waals surface area contributed by atoms with Crippen molar-refractivity contribution in [2.45, 2.75) is 38.2 Å². The maximum atomic E-state index is 15.0. The fourth-order valence-electron chi connectivity index (χ4n) is 4.49. The van der Waals surface area contributed by atoms with Crippen molar-refractivity contribution in [3.8, 4) is 5.13 Å². The molecule has 3 aromatic heterocycles. The molecule has 0 amide bonds. The Kier molecular flexibility index (Phi) is 6.32. The van der Waals surface area contributed by atoms with E-state index in [9.17, 15) is 28.3 Å². The standard InChI is InChI=1S/C23H22F2N4O5S/c24-16-7-14-19(31)15(22(32)33)11-29(23-26-8-18(25)35-23)20(14)27-21(16)28-9-12(10-28)17(30)5-4-13-3-1-2-6-34-13/h7-8,11-13H,1-6,9-10H2,(H,32,33). The van der Waals surface area contributed by atoms with Crippen molar-refractivity contribution in [1.29, 1.82) is 0 Å². The van der Waals surface area contributed by atoms with Gasteiger partial charge in [0.2, 0.25) is 5.43 Å². The highest BCUT2D eigenvalue weighted by Gasteiger charge is 2.35. The van der Waals surface area contributed by atoms with Gasteiger partial charge >= 0.3 is 5.97 Å². The predicted molar refractivity (Wildman–Crippen MR) is 123 cm³/mol. The Morgan fingerprint density at radius 2 is 2.06 bits per heavy atom. The molecule has 1 unspecified atom stereocenters. The number of aromatic carboxylic acids is 1. The molecular weight excluding hydrogens is 482 g/mol. The fourth-order valence-corrected chi connectivity index (χ4v) is 5.11. The van der Waals surface area contributed by atoms with E-state index in [1.165, 1.54) is 4.57 Å². The second kappa shape index (κ2) is 9.42. The summed E-state index contributed by atoms with van der Waals surface area (Å²) in [6.07, 6.45) is 6.29. The van der Waals surface area contributed by atoms with Gasteiger partial charge in [0.25, 0.3) is 0 Å². The van der Waals surface area contributed by atoms with Crippen LogP contribution < -0.4 is 10.3 Å². The molecular formula is C23H22F2N4O5S. The Bertz CT molecular complexity index is 1360. The molecule has 5 heterocycles. The Labute approximate surface area is 202 Å². The number of aromatic nitrogens is 3. The molecule has 2 saturated heterocycles. The van der Waals surface area contributed by atoms with E-state index in [1.54, 1.807) is 4.90 Å². The summed E-state index contributed by atoms with van der Waals surface area (Å²) < 4.78 is 35.5. The van der Waals surface area contributed by atoms with Crippen molar-refractivity contribution in [1.82, 2.24) is 14.5 Å². The number of thiazole rings is 1. The number of ketones is 1. The molecule has 184 valence electrons. The first-order chi connectivity index (χ1) is 16.8. The minimum atomic E-state index is -1.50. The third-order valence-electron chi connectivity index (χ3n) is 6.44. The largest absolute Gasteiger partial charge is 0.477 e. The highest BCUT2D eigenvalue weighted by Crippen LogP contribution is 2.30. The minimum absolute atomic E-state index is 0.0432. The Hall–Kier alpha value is -3.25. The lowest BCUT2D eigenvalue weighted by atomic mass is 9.91. The lowest BCUT2D eigenvalue weighted by Crippen LogP contribution is -2.51. The van der Waals surface area contributed by atoms with E-state index < -0.39 is 27.9 Å². The summed E-state index contributed by atoms with van der Waals surface area (Å²) in [6, 6.07) is 0.933. The molecule has 2 aliphatic rings. The van der Waals surface area contributed by atoms with Crippen LogP contribution in [0.15, 0.2) is 23.3 Å². The van der Waals surface area contributed by atoms with Gasteiger partial charge in [0.05, 0.1) is 23.6 Å². The zero-order chi connectivity index (χ0) is 24.7. The number of rotatable bonds is 7. The Balaban J connectivity index is 1.40. The van der Waals surface area contributed by atoms with Crippen LogP contribution in [0.1, 0.15) is 42.5 Å². The van der Waals surface area contributed by atoms with Crippen molar-refractivity contribution < 1.29 is 28.2 Å². The van der Waals surface area contributed by atoms with Crippen LogP contribution in [-0.2, 0) is 9.53 Å². The summed E-state index contributed by atoms with van der Waals surface area (Å²) >= 11 is 0.630. The van der Waals surface area contributed by atoms with Gasteiger partial charge in [-0.15, -0.1) is 0 Å². The number of carbonyl (C=O) groups is 2. The van der Waals surface area contributed by atoms with Crippen LogP contribution in [0.25, 0.3) is 16.2 Å². The summed E-state index contributed by atoms with van der Waals surface area (Å²) in [5.74, 6) is -2.53. The molecule has 1 N–H and O–H groups in total. The zero-order valence-electron chi connectivity index (χ0n) is 18.6. The first-order valence-electron chi connectivity index (χ1n) is 11.3. The van der Waals surface area contributed by atoms with E-state index >= 15 is 0 Å². The molecule has 0 spiro atoms. The van der Waals surface area contributed by atoms with Crippen molar-refractivity contribution in [3.05, 3.63) is 45.2 Å². The molecule has 0 radical (unpaired) electrons. The third kappa shape index (κ3) is 4.55. The number of carbonyl (C=O) groups excluding carboxylic acids is 1. The van der Waals surface area contributed by atoms with E-state index in [4.69, 9.17) is 4.74 Å². The van der Waals surface area contributed by atoms with E-state index in [-0.39, 0.29) is 52.9 Å². The van der Waals surface area contributed by atoms with Gasteiger partial charge in [-0.3, -0.25) is 14.2 Å². The number of Topliss-reactive ketones (excluding diaryl/α,β-unsaturated/α-hetero) is 1. The van der Waals surface area contributed by atoms with Gasteiger partial charge in [0.1, 0.15) is 11.3 Å². The molecule has 5 rings (SSSR count). The quantitative estimate of drug-likeness (QED) is 0.522. The van der Waals surface area contributed by atoms with Crippen molar-refractivity contribution >= 4 is 39.9 Å². The summed E-state index contributed by atoms with van der Waals surface area (Å²) in [5.41, 5.74) is -1.56. The number of pyridine rings is 2. The number of nitrogens with zero attached hydrogens (tertiary/aromatic N) is 4. The van der Waals surface area contributed by atoms with E-state index in [0.717, 1.165) is 44.3 Å². The van der Waals surface area contributed by atoms with Crippen molar-refractivity contribution in [3.63, 3.8) is 0 Å². The smallest absolute Gasteiger partial charge is 0.341 e. The molecule has 12 heteroatoms. The fraction of sp³-hybridized carbons (Fsp3) is 0.435. The summed E-state index contributed by atoms with van der Waals surface area (Å²) in [7, 11) is 0. The van der Waals surface area contributed by atoms with E-state index in [1.807, 2.05) is 0 Å². The molecule has 3 aromatic rings. The number of fused-ring (bicyclic) bond motifs is 1. The van der Waals surface area contributed by atoms with Gasteiger partial charge in [0, 0.05) is 32.3 Å². The molecule has 35 heavy (non-hydrogen) atoms. The first-order valence-corrected chi connectivity index (χ1v) is 12.1. The second-order valence-corrected chi connectivity index (χ2v) is 9.71. The van der Waals surface area contributed by atoms with Crippen LogP contribution >= 0.6 is 11.3 Å². The monoisotopic (exact) mass is 504 g/mol. The topological polar surface area (TPSA) is 115 Å². The Morgan fingerprint density at radius 3 is 2.71 bits per heavy atom. The van der Waals surface area contributed by atoms with Crippen molar-refractivity contribution in [2.24, 2.45) is 5.92 Å². The molecule has 0 saturated carbocycles. The molecule has 0 bridgehead atoms. The number of hydrogen-bond donors (Lipinski definition) is 1. The number of anilines is 1. The van der Waals surface area contributed by atoms with Gasteiger partial charge < -0.3 is 14.7 Å². The van der Waals surface area contributed by atoms with E-state index in [2.05, 4.69) is 9.97 Å². The highest BCUT2D eigenvalue weighted by atomic mass is 32.1. The van der Waals surface area contributed by atoms with Crippen LogP contribution in [0.2, 0.25) is 0 Å². The van der Waals surface area contributed by atoms with Gasteiger partial charge in [-0.05, 0) is 31.7 Å². The molecule has 2 fully saturated rings. The number of halogens is 2. The summed E-state index contributed by atoms with van der Waals surface area (Å²) in [6.45, 7) is 1.29. The van der Waals surface area contributed by atoms with Crippen LogP contribution in [0.4, 0.5) is 14.6 Å². The normalized spacial score (nSPS) is 18.6. The number of hydrogen-bond acceptors (Lipinski definition) is 8. The molecule has 0 aromatic carbocycles. The van der Waals surface area contributed by atoms with Gasteiger partial charge in [-0.1, -0.05) is 11.3 Å². The maximum Gasteiger partial charge on any atom is 0.341 e. The molecule has 1 atom stereocenters. The number of carboxylic acid groups (broad SMARTS) is 1. The average Bonchev–Trinajstić information content (AvgIpc) is 3.24. The third-order valence-corrected chi connectivity index (χ3v) is 7.22. The average molecular weight is 505 g/mol. The molecule has 9 nitrogen and oxygen atoms in total. The Morgan fingerprint density at radius 1 is 1.26 bits per heavy atom. The predicted octanol–water partition coefficient (Wildman–Crippen LogP) is 3.17. The van der Waals surface area contributed by atoms with Crippen LogP contribution in [0, 0.1) is 16.9 Å². The molecule has 2 aliphatic heterocycles. The minimum Gasteiger partial charge on any atom is -0.477 e. The van der Waals surface area contributed by atoms with Gasteiger partial charge in [-0.2, -0.15) is 4.39 Å². The summed E-state index contributed by atoms with van der Waals surface area (Å²) in [4.78, 5) is 46.6. The van der Waals surface area contributed by atoms with Gasteiger partial charge in [-0.25, -0.2) is 19.2 Å². The lowest BCUT2D eigenvalue weighted by molar-refractivity contribution is -0.124. The highest BCUT2D eigenvalue weighted by molar-refractivity contribution is 7.12. The maximum absolute atomic E-state index is 15.0. The van der Waals surface area contributed by atoms with E-state index in [0.29, 0.717) is 24.2 Å². The number of carboxylic acids is 1. The second-order valence-electron chi connectivity index (χ2n) is 8.75. The SMILES string of the molecule is O=C(O)c1cn(-c2ncc(F)s2)c2nc(N3CC(C(=O)CCC4CCCCO4)C3)c(F)cc2c1=O. The number of ether oxygens (including phenoxy) is 1. The van der Waals surface area contributed by atoms with Gasteiger partial charge in [0.15, 0.2) is 27.5 Å². The van der Waals surface area contributed by atoms with Crippen molar-refractivity contribution in [2.75, 3.05) is 24.6 Å². The van der Waals surface area contributed by atoms with Crippen LogP contribution in [0.5, 0.6) is 0 Å². The lowest BCUT2D eigenvalue weighted by Gasteiger charge is -2.39. The summed E-state index contributed by atoms with van der Waals surface area (Å²) in [5, 5.41) is 8.57. The molecule has 0 aliphatic carbocycles. The van der Waals surface area contributed by atoms with Crippen LogP contribution in [0.3, 0.4) is 0 Å².